The Morgan fingerprint density at radius 2 is 1.83 bits per heavy atom. The standard InChI is InChI=1S/C30H30FN3O6S/c1-30(2,3)40-29(36)33-17-19(14-21(33)18-35)26-16-25-23(24-15-20(31)10-11-27(24)39-4)12-13-32-28(25)34(26)41(37,38)22-8-6-5-7-9-22/h5-16,21,35H,17-18H2,1-4H3/t21-/m1/s1. The fourth-order valence-corrected chi connectivity index (χ4v) is 6.39. The molecule has 3 heterocycles. The van der Waals surface area contributed by atoms with Gasteiger partial charge in [0.15, 0.2) is 5.65 Å². The number of halogens is 1. The van der Waals surface area contributed by atoms with E-state index < -0.39 is 40.2 Å². The molecule has 0 spiro atoms. The van der Waals surface area contributed by atoms with Crippen molar-refractivity contribution in [3.8, 4) is 16.9 Å². The van der Waals surface area contributed by atoms with Crippen LogP contribution in [0.15, 0.2) is 77.8 Å². The summed E-state index contributed by atoms with van der Waals surface area (Å²) in [6, 6.07) is 14.6. The van der Waals surface area contributed by atoms with Crippen molar-refractivity contribution in [3.63, 3.8) is 0 Å². The molecule has 0 saturated carbocycles. The predicted octanol–water partition coefficient (Wildman–Crippen LogP) is 5.08. The minimum atomic E-state index is -4.19. The van der Waals surface area contributed by atoms with Crippen LogP contribution in [0.2, 0.25) is 0 Å². The van der Waals surface area contributed by atoms with E-state index in [1.54, 1.807) is 57.2 Å². The quantitative estimate of drug-likeness (QED) is 0.339. The number of hydrogen-bond acceptors (Lipinski definition) is 7. The third kappa shape index (κ3) is 5.30. The number of carbonyl (C=O) groups excluding carboxylic acids is 1. The maximum Gasteiger partial charge on any atom is 0.411 e. The lowest BCUT2D eigenvalue weighted by molar-refractivity contribution is 0.0200. The number of amides is 1. The highest BCUT2D eigenvalue weighted by atomic mass is 32.2. The molecule has 4 aromatic rings. The molecular formula is C30H30FN3O6S. The maximum absolute atomic E-state index is 14.4. The van der Waals surface area contributed by atoms with Gasteiger partial charge in [-0.1, -0.05) is 24.3 Å². The molecule has 1 amide bonds. The molecule has 0 bridgehead atoms. The Hall–Kier alpha value is -4.22. The van der Waals surface area contributed by atoms with Gasteiger partial charge in [-0.3, -0.25) is 4.90 Å². The van der Waals surface area contributed by atoms with Crippen LogP contribution in [-0.4, -0.2) is 65.4 Å². The number of fused-ring (bicyclic) bond motifs is 1. The first-order chi connectivity index (χ1) is 19.4. The number of rotatable bonds is 6. The Morgan fingerprint density at radius 1 is 1.10 bits per heavy atom. The van der Waals surface area contributed by atoms with Gasteiger partial charge in [0.2, 0.25) is 0 Å². The van der Waals surface area contributed by atoms with Gasteiger partial charge in [-0.15, -0.1) is 0 Å². The first kappa shape index (κ1) is 28.3. The number of aromatic nitrogens is 2. The van der Waals surface area contributed by atoms with Gasteiger partial charge in [-0.25, -0.2) is 26.6 Å². The van der Waals surface area contributed by atoms with E-state index in [2.05, 4.69) is 4.98 Å². The highest BCUT2D eigenvalue weighted by molar-refractivity contribution is 7.90. The average Bonchev–Trinajstić information content (AvgIpc) is 3.55. The summed E-state index contributed by atoms with van der Waals surface area (Å²) in [6.07, 6.45) is 2.46. The van der Waals surface area contributed by atoms with Gasteiger partial charge in [-0.2, -0.15) is 0 Å². The Balaban J connectivity index is 1.75. The van der Waals surface area contributed by atoms with E-state index in [0.717, 1.165) is 3.97 Å². The molecule has 41 heavy (non-hydrogen) atoms. The monoisotopic (exact) mass is 579 g/mol. The van der Waals surface area contributed by atoms with Crippen molar-refractivity contribution in [1.29, 1.82) is 0 Å². The van der Waals surface area contributed by atoms with Crippen molar-refractivity contribution in [3.05, 3.63) is 84.4 Å². The third-order valence-electron chi connectivity index (χ3n) is 6.67. The van der Waals surface area contributed by atoms with E-state index in [0.29, 0.717) is 27.8 Å². The Morgan fingerprint density at radius 3 is 2.49 bits per heavy atom. The molecule has 11 heteroatoms. The Labute approximate surface area is 237 Å². The smallest absolute Gasteiger partial charge is 0.411 e. The fourth-order valence-electron chi connectivity index (χ4n) is 4.88. The number of nitrogens with zero attached hydrogens (tertiary/aromatic N) is 3. The van der Waals surface area contributed by atoms with Crippen molar-refractivity contribution in [1.82, 2.24) is 13.9 Å². The molecule has 1 N–H and O–H groups in total. The van der Waals surface area contributed by atoms with E-state index in [4.69, 9.17) is 9.47 Å². The summed E-state index contributed by atoms with van der Waals surface area (Å²) in [5.74, 6) is -0.0877. The summed E-state index contributed by atoms with van der Waals surface area (Å²) >= 11 is 0. The molecule has 1 aliphatic heterocycles. The molecule has 0 aliphatic carbocycles. The molecule has 9 nitrogen and oxygen atoms in total. The second-order valence-electron chi connectivity index (χ2n) is 10.6. The molecular weight excluding hydrogens is 549 g/mol. The molecule has 0 radical (unpaired) electrons. The van der Waals surface area contributed by atoms with Crippen LogP contribution in [0, 0.1) is 5.82 Å². The van der Waals surface area contributed by atoms with Crippen LogP contribution in [0.4, 0.5) is 9.18 Å². The Kier molecular flexibility index (Phi) is 7.35. The van der Waals surface area contributed by atoms with E-state index >= 15 is 0 Å². The van der Waals surface area contributed by atoms with Crippen LogP contribution in [0.25, 0.3) is 27.7 Å². The SMILES string of the molecule is COc1ccc(F)cc1-c1ccnc2c1cc(C1=C[C@H](CO)N(C(=O)OC(C)(C)C)C1)n2S(=O)(=O)c1ccccc1. The Bertz CT molecular complexity index is 1760. The molecule has 1 atom stereocenters. The lowest BCUT2D eigenvalue weighted by Crippen LogP contribution is -2.41. The van der Waals surface area contributed by atoms with E-state index in [9.17, 15) is 22.7 Å². The fraction of sp³-hybridized carbons (Fsp3) is 0.267. The molecule has 2 aromatic carbocycles. The van der Waals surface area contributed by atoms with Gasteiger partial charge in [0, 0.05) is 17.1 Å². The molecule has 5 rings (SSSR count). The van der Waals surface area contributed by atoms with Crippen LogP contribution in [-0.2, 0) is 14.8 Å². The maximum atomic E-state index is 14.4. The van der Waals surface area contributed by atoms with Crippen molar-refractivity contribution in [2.45, 2.75) is 37.3 Å². The number of hydrogen-bond donors (Lipinski definition) is 1. The average molecular weight is 580 g/mol. The summed E-state index contributed by atoms with van der Waals surface area (Å²) < 4.78 is 54.8. The number of ether oxygens (including phenoxy) is 2. The van der Waals surface area contributed by atoms with Gasteiger partial charge in [0.25, 0.3) is 10.0 Å². The molecule has 2 aromatic heterocycles. The molecule has 214 valence electrons. The van der Waals surface area contributed by atoms with Crippen molar-refractivity contribution >= 4 is 32.7 Å². The minimum absolute atomic E-state index is 0.0145. The summed E-state index contributed by atoms with van der Waals surface area (Å²) in [5, 5.41) is 10.5. The zero-order valence-corrected chi connectivity index (χ0v) is 23.9. The van der Waals surface area contributed by atoms with Gasteiger partial charge in [-0.05, 0) is 74.4 Å². The van der Waals surface area contributed by atoms with Crippen LogP contribution in [0.5, 0.6) is 5.75 Å². The van der Waals surface area contributed by atoms with E-state index in [-0.39, 0.29) is 22.8 Å². The summed E-state index contributed by atoms with van der Waals surface area (Å²) in [4.78, 5) is 18.8. The van der Waals surface area contributed by atoms with Gasteiger partial charge >= 0.3 is 6.09 Å². The minimum Gasteiger partial charge on any atom is -0.496 e. The van der Waals surface area contributed by atoms with Gasteiger partial charge in [0.1, 0.15) is 17.2 Å². The predicted molar refractivity (Wildman–Crippen MR) is 152 cm³/mol. The molecule has 0 unspecified atom stereocenters. The molecule has 0 saturated heterocycles. The lowest BCUT2D eigenvalue weighted by Gasteiger charge is -2.27. The number of aliphatic hydroxyl groups excluding tert-OH is 1. The normalized spacial score (nSPS) is 15.7. The van der Waals surface area contributed by atoms with Crippen LogP contribution in [0.3, 0.4) is 0 Å². The summed E-state index contributed by atoms with van der Waals surface area (Å²) in [7, 11) is -2.73. The largest absolute Gasteiger partial charge is 0.496 e. The number of aliphatic hydroxyl groups is 1. The van der Waals surface area contributed by atoms with Crippen LogP contribution < -0.4 is 4.74 Å². The number of carbonyl (C=O) groups is 1. The van der Waals surface area contributed by atoms with Crippen LogP contribution in [0.1, 0.15) is 26.5 Å². The second-order valence-corrected chi connectivity index (χ2v) is 12.4. The summed E-state index contributed by atoms with van der Waals surface area (Å²) in [5.41, 5.74) is 1.01. The number of methoxy groups -OCH3 is 1. The second kappa shape index (κ2) is 10.6. The number of benzene rings is 2. The van der Waals surface area contributed by atoms with Gasteiger partial charge < -0.3 is 14.6 Å². The lowest BCUT2D eigenvalue weighted by atomic mass is 10.0. The summed E-state index contributed by atoms with van der Waals surface area (Å²) in [6.45, 7) is 4.81. The van der Waals surface area contributed by atoms with Gasteiger partial charge in [0.05, 0.1) is 36.9 Å². The highest BCUT2D eigenvalue weighted by Crippen LogP contribution is 2.39. The van der Waals surface area contributed by atoms with E-state index in [1.165, 1.54) is 48.5 Å². The van der Waals surface area contributed by atoms with Crippen molar-refractivity contribution < 1.29 is 32.2 Å². The first-order valence-corrected chi connectivity index (χ1v) is 14.3. The first-order valence-electron chi connectivity index (χ1n) is 12.9. The topological polar surface area (TPSA) is 111 Å². The molecule has 1 aliphatic rings. The van der Waals surface area contributed by atoms with Crippen LogP contribution >= 0.6 is 0 Å². The zero-order valence-electron chi connectivity index (χ0n) is 23.0. The highest BCUT2D eigenvalue weighted by Gasteiger charge is 2.36. The van der Waals surface area contributed by atoms with E-state index in [1.807, 2.05) is 0 Å². The molecule has 0 fully saturated rings. The third-order valence-corrected chi connectivity index (χ3v) is 8.39. The van der Waals surface area contributed by atoms with Crippen molar-refractivity contribution in [2.24, 2.45) is 0 Å². The zero-order chi connectivity index (χ0) is 29.5. The number of pyridine rings is 1. The van der Waals surface area contributed by atoms with Crippen molar-refractivity contribution in [2.75, 3.05) is 20.3 Å².